The fourth-order valence-electron chi connectivity index (χ4n) is 3.44. The van der Waals surface area contributed by atoms with Gasteiger partial charge in [-0.25, -0.2) is 18.2 Å². The van der Waals surface area contributed by atoms with Crippen molar-refractivity contribution in [2.45, 2.75) is 18.9 Å². The Morgan fingerprint density at radius 2 is 1.83 bits per heavy atom. The average Bonchev–Trinajstić information content (AvgIpc) is 3.20. The monoisotopic (exact) mass is 402 g/mol. The van der Waals surface area contributed by atoms with Gasteiger partial charge in [-0.3, -0.25) is 9.59 Å². The molecule has 150 valence electrons. The van der Waals surface area contributed by atoms with Crippen molar-refractivity contribution in [3.8, 4) is 0 Å². The molecule has 2 heterocycles. The fraction of sp³-hybridized carbons (Fsp3) is 0.250. The third kappa shape index (κ3) is 3.67. The minimum atomic E-state index is -1.67. The Kier molecular flexibility index (Phi) is 4.96. The van der Waals surface area contributed by atoms with Crippen LogP contribution in [0.2, 0.25) is 0 Å². The summed E-state index contributed by atoms with van der Waals surface area (Å²) in [7, 11) is 0. The van der Waals surface area contributed by atoms with Crippen molar-refractivity contribution in [1.82, 2.24) is 20.2 Å². The van der Waals surface area contributed by atoms with Crippen molar-refractivity contribution in [3.05, 3.63) is 65.2 Å². The number of carbonyl (C=O) groups excluding carboxylic acids is 2. The van der Waals surface area contributed by atoms with E-state index in [2.05, 4.69) is 15.3 Å². The molecule has 1 saturated heterocycles. The molecular formula is C20H17F3N4O2. The van der Waals surface area contributed by atoms with Gasteiger partial charge in [-0.15, -0.1) is 0 Å². The molecule has 2 amide bonds. The normalized spacial score (nSPS) is 14.9. The quantitative estimate of drug-likeness (QED) is 0.661. The molecule has 29 heavy (non-hydrogen) atoms. The molecular weight excluding hydrogens is 385 g/mol. The first-order chi connectivity index (χ1) is 13.9. The van der Waals surface area contributed by atoms with Gasteiger partial charge in [0.05, 0.1) is 22.9 Å². The van der Waals surface area contributed by atoms with E-state index in [1.165, 1.54) is 0 Å². The number of piperidine rings is 1. The highest BCUT2D eigenvalue weighted by atomic mass is 19.2. The molecule has 4 rings (SSSR count). The summed E-state index contributed by atoms with van der Waals surface area (Å²) in [6.45, 7) is 0.816. The number of nitrogens with one attached hydrogen (secondary N) is 2. The summed E-state index contributed by atoms with van der Waals surface area (Å²) in [4.78, 5) is 33.7. The zero-order valence-corrected chi connectivity index (χ0v) is 15.2. The molecule has 0 aliphatic carbocycles. The molecule has 1 aliphatic rings. The van der Waals surface area contributed by atoms with Crippen LogP contribution in [0.25, 0.3) is 11.0 Å². The number of hydrogen-bond donors (Lipinski definition) is 2. The van der Waals surface area contributed by atoms with Crippen LogP contribution in [0.4, 0.5) is 13.2 Å². The summed E-state index contributed by atoms with van der Waals surface area (Å²) in [6, 6.07) is 6.55. The number of amides is 2. The number of carbonyl (C=O) groups is 2. The maximum atomic E-state index is 13.8. The standard InChI is InChI=1S/C20H17F3N4O2/c21-14-3-2-13(17(22)18(14)23)19(28)26-12-5-7-27(8-6-12)20(29)11-1-4-15-16(9-11)25-10-24-15/h1-4,9-10,12H,5-8H2,(H,24,25)(H,26,28). The number of halogens is 3. The van der Waals surface area contributed by atoms with Crippen molar-refractivity contribution in [2.75, 3.05) is 13.1 Å². The van der Waals surface area contributed by atoms with Crippen molar-refractivity contribution in [1.29, 1.82) is 0 Å². The van der Waals surface area contributed by atoms with Crippen LogP contribution in [-0.2, 0) is 0 Å². The Morgan fingerprint density at radius 1 is 1.07 bits per heavy atom. The van der Waals surface area contributed by atoms with Gasteiger partial charge in [-0.05, 0) is 43.2 Å². The number of aromatic amines is 1. The van der Waals surface area contributed by atoms with Gasteiger partial charge < -0.3 is 15.2 Å². The number of hydrogen-bond acceptors (Lipinski definition) is 3. The Bertz CT molecular complexity index is 1090. The maximum absolute atomic E-state index is 13.8. The first-order valence-corrected chi connectivity index (χ1v) is 9.11. The minimum absolute atomic E-state index is 0.127. The van der Waals surface area contributed by atoms with E-state index in [0.717, 1.165) is 17.1 Å². The Labute approximate surface area is 163 Å². The number of H-pyrrole nitrogens is 1. The first kappa shape index (κ1) is 19.0. The van der Waals surface area contributed by atoms with Crippen LogP contribution >= 0.6 is 0 Å². The molecule has 1 aliphatic heterocycles. The molecule has 0 unspecified atom stereocenters. The van der Waals surface area contributed by atoms with Gasteiger partial charge >= 0.3 is 0 Å². The first-order valence-electron chi connectivity index (χ1n) is 9.11. The zero-order valence-electron chi connectivity index (χ0n) is 15.2. The predicted molar refractivity (Wildman–Crippen MR) is 98.8 cm³/mol. The predicted octanol–water partition coefficient (Wildman–Crippen LogP) is 3.01. The molecule has 0 spiro atoms. The van der Waals surface area contributed by atoms with Gasteiger partial charge in [0.25, 0.3) is 11.8 Å². The lowest BCUT2D eigenvalue weighted by Crippen LogP contribution is -2.46. The topological polar surface area (TPSA) is 78.1 Å². The molecule has 1 aromatic heterocycles. The third-order valence-corrected chi connectivity index (χ3v) is 5.06. The number of fused-ring (bicyclic) bond motifs is 1. The van der Waals surface area contributed by atoms with Crippen LogP contribution in [0.3, 0.4) is 0 Å². The minimum Gasteiger partial charge on any atom is -0.349 e. The summed E-state index contributed by atoms with van der Waals surface area (Å²) in [5, 5.41) is 2.62. The highest BCUT2D eigenvalue weighted by Crippen LogP contribution is 2.19. The Hall–Kier alpha value is -3.36. The van der Waals surface area contributed by atoms with Crippen LogP contribution in [0, 0.1) is 17.5 Å². The number of benzene rings is 2. The van der Waals surface area contributed by atoms with E-state index in [4.69, 9.17) is 0 Å². The van der Waals surface area contributed by atoms with Crippen molar-refractivity contribution in [2.24, 2.45) is 0 Å². The van der Waals surface area contributed by atoms with E-state index in [-0.39, 0.29) is 11.9 Å². The van der Waals surface area contributed by atoms with Crippen LogP contribution in [0.15, 0.2) is 36.7 Å². The summed E-state index contributed by atoms with van der Waals surface area (Å²) >= 11 is 0. The van der Waals surface area contributed by atoms with Gasteiger partial charge in [0.1, 0.15) is 0 Å². The molecule has 2 aromatic carbocycles. The summed E-state index contributed by atoms with van der Waals surface area (Å²) in [6.07, 6.45) is 2.49. The second-order valence-corrected chi connectivity index (χ2v) is 6.90. The van der Waals surface area contributed by atoms with Crippen LogP contribution in [-0.4, -0.2) is 45.8 Å². The lowest BCUT2D eigenvalue weighted by Gasteiger charge is -2.32. The van der Waals surface area contributed by atoms with E-state index in [1.807, 2.05) is 0 Å². The summed E-state index contributed by atoms with van der Waals surface area (Å²) in [5.74, 6) is -5.47. The SMILES string of the molecule is O=C(NC1CCN(C(=O)c2ccc3nc[nH]c3c2)CC1)c1ccc(F)c(F)c1F. The second-order valence-electron chi connectivity index (χ2n) is 6.90. The fourth-order valence-corrected chi connectivity index (χ4v) is 3.44. The molecule has 0 atom stereocenters. The molecule has 0 bridgehead atoms. The molecule has 3 aromatic rings. The number of aromatic nitrogens is 2. The lowest BCUT2D eigenvalue weighted by molar-refractivity contribution is 0.0698. The zero-order chi connectivity index (χ0) is 20.5. The van der Waals surface area contributed by atoms with E-state index in [1.54, 1.807) is 29.4 Å². The maximum Gasteiger partial charge on any atom is 0.254 e. The molecule has 0 saturated carbocycles. The van der Waals surface area contributed by atoms with Gasteiger partial charge in [0, 0.05) is 24.7 Å². The summed E-state index contributed by atoms with van der Waals surface area (Å²) < 4.78 is 40.1. The van der Waals surface area contributed by atoms with Gasteiger partial charge in [-0.2, -0.15) is 0 Å². The van der Waals surface area contributed by atoms with Crippen molar-refractivity contribution < 1.29 is 22.8 Å². The number of likely N-dealkylation sites (tertiary alicyclic amines) is 1. The highest BCUT2D eigenvalue weighted by Gasteiger charge is 2.26. The third-order valence-electron chi connectivity index (χ3n) is 5.06. The van der Waals surface area contributed by atoms with E-state index < -0.39 is 28.9 Å². The number of nitrogens with zero attached hydrogens (tertiary/aromatic N) is 2. The van der Waals surface area contributed by atoms with E-state index >= 15 is 0 Å². The van der Waals surface area contributed by atoms with Crippen molar-refractivity contribution in [3.63, 3.8) is 0 Å². The smallest absolute Gasteiger partial charge is 0.254 e. The van der Waals surface area contributed by atoms with Crippen molar-refractivity contribution >= 4 is 22.8 Å². The highest BCUT2D eigenvalue weighted by molar-refractivity contribution is 5.97. The number of imidazole rings is 1. The molecule has 2 N–H and O–H groups in total. The second kappa shape index (κ2) is 7.57. The summed E-state index contributed by atoms with van der Waals surface area (Å²) in [5.41, 5.74) is 1.53. The van der Waals surface area contributed by atoms with Gasteiger partial charge in [0.2, 0.25) is 0 Å². The molecule has 9 heteroatoms. The van der Waals surface area contributed by atoms with Crippen LogP contribution in [0.1, 0.15) is 33.6 Å². The van der Waals surface area contributed by atoms with Gasteiger partial charge in [0.15, 0.2) is 17.5 Å². The average molecular weight is 402 g/mol. The van der Waals surface area contributed by atoms with Gasteiger partial charge in [-0.1, -0.05) is 0 Å². The lowest BCUT2D eigenvalue weighted by atomic mass is 10.0. The molecule has 0 radical (unpaired) electrons. The van der Waals surface area contributed by atoms with E-state index in [9.17, 15) is 22.8 Å². The molecule has 1 fully saturated rings. The molecule has 6 nitrogen and oxygen atoms in total. The number of rotatable bonds is 3. The largest absolute Gasteiger partial charge is 0.349 e. The Balaban J connectivity index is 1.37. The van der Waals surface area contributed by atoms with Crippen LogP contribution in [0.5, 0.6) is 0 Å². The van der Waals surface area contributed by atoms with E-state index in [0.29, 0.717) is 37.6 Å². The Morgan fingerprint density at radius 3 is 2.59 bits per heavy atom. The van der Waals surface area contributed by atoms with Crippen LogP contribution < -0.4 is 5.32 Å².